The molecule has 0 aliphatic carbocycles. The SMILES string of the molecule is CCc1cc2ccc(Cl)cc2c(=O)[nH]1. The Morgan fingerprint density at radius 3 is 2.86 bits per heavy atom. The Kier molecular flexibility index (Phi) is 2.30. The van der Waals surface area contributed by atoms with Crippen molar-refractivity contribution in [1.29, 1.82) is 0 Å². The summed E-state index contributed by atoms with van der Waals surface area (Å²) in [4.78, 5) is 14.4. The van der Waals surface area contributed by atoms with Crippen LogP contribution in [0.25, 0.3) is 10.8 Å². The topological polar surface area (TPSA) is 32.9 Å². The second kappa shape index (κ2) is 3.46. The van der Waals surface area contributed by atoms with Crippen LogP contribution >= 0.6 is 11.6 Å². The van der Waals surface area contributed by atoms with Crippen molar-refractivity contribution in [2.24, 2.45) is 0 Å². The van der Waals surface area contributed by atoms with E-state index in [2.05, 4.69) is 4.98 Å². The van der Waals surface area contributed by atoms with Crippen LogP contribution < -0.4 is 5.56 Å². The molecule has 0 aliphatic rings. The Labute approximate surface area is 86.5 Å². The zero-order valence-electron chi connectivity index (χ0n) is 7.80. The molecule has 3 heteroatoms. The van der Waals surface area contributed by atoms with Crippen LogP contribution in [0.2, 0.25) is 5.02 Å². The van der Waals surface area contributed by atoms with Crippen molar-refractivity contribution >= 4 is 22.4 Å². The number of fused-ring (bicyclic) bond motifs is 1. The third-order valence-corrected chi connectivity index (χ3v) is 2.48. The number of rotatable bonds is 1. The number of nitrogens with one attached hydrogen (secondary N) is 1. The molecule has 1 heterocycles. The predicted molar refractivity (Wildman–Crippen MR) is 59.0 cm³/mol. The largest absolute Gasteiger partial charge is 0.326 e. The average molecular weight is 208 g/mol. The molecule has 0 fully saturated rings. The fourth-order valence-electron chi connectivity index (χ4n) is 1.48. The molecule has 0 atom stereocenters. The molecule has 2 rings (SSSR count). The first-order valence-corrected chi connectivity index (χ1v) is 4.90. The van der Waals surface area contributed by atoms with Crippen LogP contribution in [0.5, 0.6) is 0 Å². The molecule has 1 N–H and O–H groups in total. The van der Waals surface area contributed by atoms with E-state index in [9.17, 15) is 4.79 Å². The highest BCUT2D eigenvalue weighted by atomic mass is 35.5. The number of aromatic nitrogens is 1. The van der Waals surface area contributed by atoms with Gasteiger partial charge in [-0.3, -0.25) is 4.79 Å². The van der Waals surface area contributed by atoms with E-state index in [0.717, 1.165) is 17.5 Å². The second-order valence-electron chi connectivity index (χ2n) is 3.21. The van der Waals surface area contributed by atoms with Gasteiger partial charge in [0.15, 0.2) is 0 Å². The fraction of sp³-hybridized carbons (Fsp3) is 0.182. The van der Waals surface area contributed by atoms with Crippen molar-refractivity contribution < 1.29 is 0 Å². The van der Waals surface area contributed by atoms with Crippen LogP contribution in [0.1, 0.15) is 12.6 Å². The summed E-state index contributed by atoms with van der Waals surface area (Å²) in [7, 11) is 0. The first kappa shape index (κ1) is 9.28. The number of aryl methyl sites for hydroxylation is 1. The lowest BCUT2D eigenvalue weighted by atomic mass is 10.1. The molecule has 1 aromatic carbocycles. The smallest absolute Gasteiger partial charge is 0.256 e. The van der Waals surface area contributed by atoms with Crippen molar-refractivity contribution in [2.75, 3.05) is 0 Å². The van der Waals surface area contributed by atoms with E-state index in [1.165, 1.54) is 0 Å². The first-order valence-electron chi connectivity index (χ1n) is 4.52. The maximum Gasteiger partial charge on any atom is 0.256 e. The van der Waals surface area contributed by atoms with Crippen molar-refractivity contribution in [2.45, 2.75) is 13.3 Å². The van der Waals surface area contributed by atoms with Gasteiger partial charge in [0.05, 0.1) is 0 Å². The molecule has 0 radical (unpaired) electrons. The third kappa shape index (κ3) is 1.53. The molecule has 2 aromatic rings. The fourth-order valence-corrected chi connectivity index (χ4v) is 1.65. The summed E-state index contributed by atoms with van der Waals surface area (Å²) < 4.78 is 0. The minimum absolute atomic E-state index is 0.0677. The lowest BCUT2D eigenvalue weighted by Crippen LogP contribution is -2.08. The average Bonchev–Trinajstić information content (AvgIpc) is 2.19. The number of benzene rings is 1. The Morgan fingerprint density at radius 2 is 2.14 bits per heavy atom. The van der Waals surface area contributed by atoms with Crippen molar-refractivity contribution in [3.05, 3.63) is 45.3 Å². The van der Waals surface area contributed by atoms with Gasteiger partial charge in [-0.25, -0.2) is 0 Å². The number of pyridine rings is 1. The van der Waals surface area contributed by atoms with Crippen molar-refractivity contribution in [1.82, 2.24) is 4.98 Å². The summed E-state index contributed by atoms with van der Waals surface area (Å²) in [5, 5.41) is 2.18. The highest BCUT2D eigenvalue weighted by Crippen LogP contribution is 2.16. The number of H-pyrrole nitrogens is 1. The van der Waals surface area contributed by atoms with Gasteiger partial charge >= 0.3 is 0 Å². The molecule has 72 valence electrons. The molecule has 0 aliphatic heterocycles. The molecule has 14 heavy (non-hydrogen) atoms. The maximum absolute atomic E-state index is 11.6. The molecule has 0 saturated carbocycles. The van der Waals surface area contributed by atoms with Gasteiger partial charge < -0.3 is 4.98 Å². The van der Waals surface area contributed by atoms with E-state index in [4.69, 9.17) is 11.6 Å². The Bertz CT molecular complexity index is 530. The van der Waals surface area contributed by atoms with E-state index in [-0.39, 0.29) is 5.56 Å². The van der Waals surface area contributed by atoms with E-state index in [1.807, 2.05) is 19.1 Å². The lowest BCUT2D eigenvalue weighted by molar-refractivity contribution is 1.02. The van der Waals surface area contributed by atoms with Crippen LogP contribution in [0.3, 0.4) is 0 Å². The van der Waals surface area contributed by atoms with Gasteiger partial charge in [0.1, 0.15) is 0 Å². The van der Waals surface area contributed by atoms with Gasteiger partial charge in [-0.1, -0.05) is 24.6 Å². The summed E-state index contributed by atoms with van der Waals surface area (Å²) in [5.41, 5.74) is 0.881. The second-order valence-corrected chi connectivity index (χ2v) is 3.65. The predicted octanol–water partition coefficient (Wildman–Crippen LogP) is 2.74. The molecule has 0 amide bonds. The monoisotopic (exact) mass is 207 g/mol. The lowest BCUT2D eigenvalue weighted by Gasteiger charge is -2.01. The molecular weight excluding hydrogens is 198 g/mol. The van der Waals surface area contributed by atoms with Gasteiger partial charge in [0, 0.05) is 16.1 Å². The summed E-state index contributed by atoms with van der Waals surface area (Å²) in [5.74, 6) is 0. The Morgan fingerprint density at radius 1 is 1.36 bits per heavy atom. The van der Waals surface area contributed by atoms with Crippen LogP contribution in [0, 0.1) is 0 Å². The molecule has 0 spiro atoms. The molecule has 0 bridgehead atoms. The molecular formula is C11H10ClNO. The van der Waals surface area contributed by atoms with E-state index in [0.29, 0.717) is 10.4 Å². The third-order valence-electron chi connectivity index (χ3n) is 2.24. The van der Waals surface area contributed by atoms with Crippen molar-refractivity contribution in [3.8, 4) is 0 Å². The quantitative estimate of drug-likeness (QED) is 0.767. The minimum atomic E-state index is -0.0677. The molecule has 2 nitrogen and oxygen atoms in total. The molecule has 0 unspecified atom stereocenters. The Balaban J connectivity index is 2.83. The summed E-state index contributed by atoms with van der Waals surface area (Å²) in [6.07, 6.45) is 0.827. The standard InChI is InChI=1S/C11H10ClNO/c1-2-9-5-7-3-4-8(12)6-10(7)11(14)13-9/h3-6H,2H2,1H3,(H,13,14). The summed E-state index contributed by atoms with van der Waals surface area (Å²) in [6.45, 7) is 2.01. The Hall–Kier alpha value is -1.28. The van der Waals surface area contributed by atoms with E-state index >= 15 is 0 Å². The van der Waals surface area contributed by atoms with Gasteiger partial charge in [-0.2, -0.15) is 0 Å². The van der Waals surface area contributed by atoms with Gasteiger partial charge in [0.25, 0.3) is 5.56 Å². The summed E-state index contributed by atoms with van der Waals surface area (Å²) in [6, 6.07) is 7.33. The minimum Gasteiger partial charge on any atom is -0.326 e. The van der Waals surface area contributed by atoms with Gasteiger partial charge in [-0.05, 0) is 30.0 Å². The van der Waals surface area contributed by atoms with E-state index < -0.39 is 0 Å². The number of halogens is 1. The van der Waals surface area contributed by atoms with E-state index in [1.54, 1.807) is 12.1 Å². The van der Waals surface area contributed by atoms with Crippen LogP contribution in [-0.4, -0.2) is 4.98 Å². The highest BCUT2D eigenvalue weighted by molar-refractivity contribution is 6.31. The molecule has 0 saturated heterocycles. The van der Waals surface area contributed by atoms with Gasteiger partial charge in [0.2, 0.25) is 0 Å². The number of aromatic amines is 1. The zero-order chi connectivity index (χ0) is 10.1. The normalized spacial score (nSPS) is 10.7. The first-order chi connectivity index (χ1) is 6.70. The highest BCUT2D eigenvalue weighted by Gasteiger charge is 2.01. The van der Waals surface area contributed by atoms with Crippen LogP contribution in [0.15, 0.2) is 29.1 Å². The van der Waals surface area contributed by atoms with Crippen molar-refractivity contribution in [3.63, 3.8) is 0 Å². The van der Waals surface area contributed by atoms with Gasteiger partial charge in [-0.15, -0.1) is 0 Å². The maximum atomic E-state index is 11.6. The summed E-state index contributed by atoms with van der Waals surface area (Å²) >= 11 is 5.81. The number of hydrogen-bond donors (Lipinski definition) is 1. The zero-order valence-corrected chi connectivity index (χ0v) is 8.56. The number of hydrogen-bond acceptors (Lipinski definition) is 1. The van der Waals surface area contributed by atoms with Crippen LogP contribution in [0.4, 0.5) is 0 Å². The van der Waals surface area contributed by atoms with Crippen LogP contribution in [-0.2, 0) is 6.42 Å². The molecule has 1 aromatic heterocycles.